The number of benzene rings is 2. The first-order valence-electron chi connectivity index (χ1n) is 25.2. The van der Waals surface area contributed by atoms with Crippen molar-refractivity contribution in [3.8, 4) is 5.75 Å². The van der Waals surface area contributed by atoms with Crippen LogP contribution in [0.1, 0.15) is 59.8 Å². The largest absolute Gasteiger partial charge is 0.492 e. The van der Waals surface area contributed by atoms with Gasteiger partial charge < -0.3 is 50.1 Å². The Morgan fingerprint density at radius 2 is 1.68 bits per heavy atom. The monoisotopic (exact) mass is 1000 g/mol. The molecule has 19 nitrogen and oxygen atoms in total. The van der Waals surface area contributed by atoms with Gasteiger partial charge >= 0.3 is 0 Å². The van der Waals surface area contributed by atoms with Crippen LogP contribution >= 0.6 is 11.6 Å². The predicted octanol–water partition coefficient (Wildman–Crippen LogP) is 3.95. The molecule has 0 bridgehead atoms. The number of pyridine rings is 1. The molecule has 0 radical (unpaired) electrons. The number of ether oxygens (including phenoxy) is 2. The van der Waals surface area contributed by atoms with Crippen molar-refractivity contribution < 1.29 is 23.9 Å². The van der Waals surface area contributed by atoms with Gasteiger partial charge in [-0.3, -0.25) is 24.2 Å². The fourth-order valence-electron chi connectivity index (χ4n) is 9.79. The van der Waals surface area contributed by atoms with Crippen LogP contribution in [0, 0.1) is 0 Å². The zero-order valence-electron chi connectivity index (χ0n) is 41.3. The Hall–Kier alpha value is -6.22. The third kappa shape index (κ3) is 12.7. The molecule has 3 saturated heterocycles. The van der Waals surface area contributed by atoms with Crippen molar-refractivity contribution in [3.63, 3.8) is 0 Å². The molecule has 0 unspecified atom stereocenters. The zero-order valence-corrected chi connectivity index (χ0v) is 42.1. The zero-order chi connectivity index (χ0) is 50.0. The number of nitrogens with two attached hydrogens (primary N) is 1. The van der Waals surface area contributed by atoms with Gasteiger partial charge in [0.05, 0.1) is 49.1 Å². The number of hydrogen-bond donors (Lipinski definition) is 4. The molecule has 0 saturated carbocycles. The lowest BCUT2D eigenvalue weighted by Gasteiger charge is -2.40. The lowest BCUT2D eigenvalue weighted by molar-refractivity contribution is -0.135. The fraction of sp³-hybridized carbons (Fsp3) is 0.481. The maximum Gasteiger partial charge on any atom is 0.270 e. The highest BCUT2D eigenvalue weighted by Gasteiger charge is 2.39. The number of piperidine rings is 2. The number of carbonyl (C=O) groups excluding carboxylic acids is 3. The van der Waals surface area contributed by atoms with E-state index in [-0.39, 0.29) is 29.9 Å². The van der Waals surface area contributed by atoms with Gasteiger partial charge in [-0.05, 0) is 88.2 Å². The quantitative estimate of drug-likeness (QED) is 0.0800. The van der Waals surface area contributed by atoms with E-state index in [1.807, 2.05) is 90.4 Å². The Morgan fingerprint density at radius 1 is 0.903 bits per heavy atom. The Bertz CT molecular complexity index is 2760. The second-order valence-electron chi connectivity index (χ2n) is 19.4. The number of carbonyl (C=O) groups is 3. The number of anilines is 1. The molecule has 382 valence electrons. The van der Waals surface area contributed by atoms with Crippen LogP contribution in [0.25, 0.3) is 22.2 Å². The van der Waals surface area contributed by atoms with Gasteiger partial charge in [-0.15, -0.1) is 0 Å². The molecular formula is C52H67ClN14O5. The van der Waals surface area contributed by atoms with Crippen LogP contribution in [0.4, 0.5) is 5.82 Å². The van der Waals surface area contributed by atoms with Gasteiger partial charge in [0.25, 0.3) is 5.91 Å². The van der Waals surface area contributed by atoms with E-state index >= 15 is 0 Å². The van der Waals surface area contributed by atoms with Crippen LogP contribution in [-0.4, -0.2) is 184 Å². The summed E-state index contributed by atoms with van der Waals surface area (Å²) in [6.45, 7) is 9.32. The summed E-state index contributed by atoms with van der Waals surface area (Å²) in [5.41, 5.74) is 10.3. The predicted molar refractivity (Wildman–Crippen MR) is 277 cm³/mol. The summed E-state index contributed by atoms with van der Waals surface area (Å²) < 4.78 is 14.2. The molecule has 0 spiro atoms. The van der Waals surface area contributed by atoms with Crippen molar-refractivity contribution >= 4 is 57.3 Å². The van der Waals surface area contributed by atoms with Gasteiger partial charge in [0.15, 0.2) is 5.65 Å². The highest BCUT2D eigenvalue weighted by Crippen LogP contribution is 2.30. The number of piperazine rings is 1. The van der Waals surface area contributed by atoms with Gasteiger partial charge in [-0.25, -0.2) is 19.9 Å². The lowest BCUT2D eigenvalue weighted by atomic mass is 9.87. The summed E-state index contributed by atoms with van der Waals surface area (Å²) in [6, 6.07) is 20.8. The highest BCUT2D eigenvalue weighted by molar-refractivity contribution is 6.30. The van der Waals surface area contributed by atoms with Crippen LogP contribution in [0.3, 0.4) is 0 Å². The number of amides is 3. The minimum atomic E-state index is -1.01. The SMILES string of the molecule is CN(C)CCOc1ccccc1Cn1cnc2ccc(C(=O)NCCOC3CCN(CC(=O)N4CCN(CC[C@H](NC(=O)C5(N)CCN(c6ncnc7[nH]ccc67)CC5)c5ccc(Cl)cc5)CC4)CC3)nc21. The average molecular weight is 1000 g/mol. The maximum atomic E-state index is 14.0. The fourth-order valence-corrected chi connectivity index (χ4v) is 9.92. The molecule has 7 heterocycles. The number of H-pyrrole nitrogens is 1. The molecule has 1 atom stereocenters. The number of fused-ring (bicyclic) bond motifs is 2. The standard InChI is InChI=1S/C52H67ClN14O5/c1-62(2)30-32-72-45-6-4-3-5-38(45)33-67-36-59-43-11-12-44(60-49(43)67)50(69)56-20-31-71-40-14-21-64(22-15-40)34-46(68)65-28-26-63(27-29-65)23-16-42(37-7-9-39(53)10-8-37)61-51(70)52(54)17-24-66(25-18-52)48-41-13-19-55-47(41)57-35-58-48/h3-13,19,35-36,40,42H,14-18,20-34,54H2,1-2H3,(H,56,69)(H,61,70)(H,55,57,58)/t42-/m0/s1. The van der Waals surface area contributed by atoms with E-state index in [2.05, 4.69) is 55.2 Å². The summed E-state index contributed by atoms with van der Waals surface area (Å²) in [6.07, 6.45) is 8.51. The van der Waals surface area contributed by atoms with Gasteiger partial charge in [-0.1, -0.05) is 41.9 Å². The van der Waals surface area contributed by atoms with Crippen LogP contribution in [-0.2, 0) is 20.9 Å². The number of rotatable bonds is 20. The second kappa shape index (κ2) is 23.6. The number of imidazole rings is 1. The molecule has 3 amide bonds. The van der Waals surface area contributed by atoms with E-state index in [9.17, 15) is 14.4 Å². The first-order valence-corrected chi connectivity index (χ1v) is 25.5. The summed E-state index contributed by atoms with van der Waals surface area (Å²) in [7, 11) is 4.03. The van der Waals surface area contributed by atoms with E-state index < -0.39 is 5.54 Å². The molecular weight excluding hydrogens is 936 g/mol. The number of nitrogens with zero attached hydrogens (tertiary/aromatic N) is 10. The van der Waals surface area contributed by atoms with Gasteiger partial charge in [0.1, 0.15) is 41.4 Å². The average Bonchev–Trinajstić information content (AvgIpc) is 4.05. The van der Waals surface area contributed by atoms with E-state index in [1.165, 1.54) is 0 Å². The number of likely N-dealkylation sites (N-methyl/N-ethyl adjacent to an activating group) is 1. The van der Waals surface area contributed by atoms with E-state index in [0.29, 0.717) is 100 Å². The number of halogens is 1. The maximum absolute atomic E-state index is 14.0. The molecule has 3 fully saturated rings. The topological polar surface area (TPSA) is 208 Å². The minimum absolute atomic E-state index is 0.0618. The molecule has 5 N–H and O–H groups in total. The van der Waals surface area contributed by atoms with Crippen LogP contribution in [0.15, 0.2) is 85.6 Å². The number of likely N-dealkylation sites (tertiary alicyclic amines) is 1. The Morgan fingerprint density at radius 3 is 2.46 bits per heavy atom. The van der Waals surface area contributed by atoms with Gasteiger partial charge in [-0.2, -0.15) is 0 Å². The number of aromatic amines is 1. The molecule has 3 aliphatic heterocycles. The Balaban J connectivity index is 0.673. The molecule has 0 aliphatic carbocycles. The van der Waals surface area contributed by atoms with Crippen molar-refractivity contribution in [1.82, 2.24) is 59.7 Å². The van der Waals surface area contributed by atoms with E-state index in [1.54, 1.807) is 18.7 Å². The summed E-state index contributed by atoms with van der Waals surface area (Å²) in [5, 5.41) is 7.86. The smallest absolute Gasteiger partial charge is 0.270 e. The van der Waals surface area contributed by atoms with Crippen molar-refractivity contribution in [2.45, 2.75) is 56.3 Å². The number of nitrogens with one attached hydrogen (secondary N) is 3. The number of aromatic nitrogens is 6. The van der Waals surface area contributed by atoms with Gasteiger partial charge in [0.2, 0.25) is 11.8 Å². The molecule has 2 aromatic carbocycles. The van der Waals surface area contributed by atoms with Crippen molar-refractivity contribution in [1.29, 1.82) is 0 Å². The molecule has 3 aliphatic rings. The molecule has 20 heteroatoms. The molecule has 6 aromatic rings. The molecule has 72 heavy (non-hydrogen) atoms. The normalized spacial score (nSPS) is 17.4. The second-order valence-corrected chi connectivity index (χ2v) is 19.9. The number of para-hydroxylation sites is 1. The van der Waals surface area contributed by atoms with Crippen molar-refractivity contribution in [3.05, 3.63) is 107 Å². The first kappa shape index (κ1) is 50.7. The third-order valence-electron chi connectivity index (χ3n) is 14.2. The van der Waals surface area contributed by atoms with E-state index in [4.69, 9.17) is 26.8 Å². The Kier molecular flexibility index (Phi) is 16.6. The summed E-state index contributed by atoms with van der Waals surface area (Å²) >= 11 is 6.27. The van der Waals surface area contributed by atoms with Crippen LogP contribution in [0.2, 0.25) is 5.02 Å². The minimum Gasteiger partial charge on any atom is -0.492 e. The number of hydrogen-bond acceptors (Lipinski definition) is 14. The molecule has 4 aromatic heterocycles. The third-order valence-corrected chi connectivity index (χ3v) is 14.5. The lowest BCUT2D eigenvalue weighted by Crippen LogP contribution is -2.60. The Labute approximate surface area is 425 Å². The van der Waals surface area contributed by atoms with Crippen molar-refractivity contribution in [2.75, 3.05) is 111 Å². The van der Waals surface area contributed by atoms with Crippen LogP contribution < -0.4 is 26.0 Å². The van der Waals surface area contributed by atoms with Crippen molar-refractivity contribution in [2.24, 2.45) is 5.73 Å². The molecule has 9 rings (SSSR count). The van der Waals surface area contributed by atoms with E-state index in [0.717, 1.165) is 85.8 Å². The summed E-state index contributed by atoms with van der Waals surface area (Å²) in [4.78, 5) is 72.6. The van der Waals surface area contributed by atoms with Gasteiger partial charge in [0, 0.05) is 88.8 Å². The first-order chi connectivity index (χ1) is 35.0. The van der Waals surface area contributed by atoms with Crippen LogP contribution in [0.5, 0.6) is 5.75 Å². The summed E-state index contributed by atoms with van der Waals surface area (Å²) in [5.74, 6) is 1.37. The highest BCUT2D eigenvalue weighted by atomic mass is 35.5.